The molecule has 0 unspecified atom stereocenters. The van der Waals surface area contributed by atoms with Gasteiger partial charge in [-0.15, -0.1) is 0 Å². The molecule has 4 nitrogen and oxygen atoms in total. The summed E-state index contributed by atoms with van der Waals surface area (Å²) in [6.45, 7) is 1.97. The average molecular weight is 196 g/mol. The summed E-state index contributed by atoms with van der Waals surface area (Å²) in [6.07, 6.45) is 0.525. The summed E-state index contributed by atoms with van der Waals surface area (Å²) < 4.78 is 5.10. The van der Waals surface area contributed by atoms with Crippen molar-refractivity contribution in [2.24, 2.45) is 0 Å². The highest BCUT2D eigenvalue weighted by Crippen LogP contribution is 2.30. The van der Waals surface area contributed by atoms with E-state index in [4.69, 9.17) is 9.84 Å². The van der Waals surface area contributed by atoms with Crippen molar-refractivity contribution in [1.29, 1.82) is 0 Å². The van der Waals surface area contributed by atoms with Crippen molar-refractivity contribution < 1.29 is 19.7 Å². The molecule has 1 aromatic rings. The Morgan fingerprint density at radius 1 is 1.50 bits per heavy atom. The molecule has 0 aliphatic rings. The fourth-order valence-electron chi connectivity index (χ4n) is 1.14. The van der Waals surface area contributed by atoms with E-state index >= 15 is 0 Å². The first-order valence-electron chi connectivity index (χ1n) is 4.27. The van der Waals surface area contributed by atoms with Crippen molar-refractivity contribution in [1.82, 2.24) is 0 Å². The number of ether oxygens (including phenoxy) is 1. The minimum Gasteiger partial charge on any atom is -0.504 e. The normalized spacial score (nSPS) is 9.86. The molecule has 76 valence electrons. The molecule has 0 aliphatic carbocycles. The summed E-state index contributed by atoms with van der Waals surface area (Å²) in [7, 11) is 0. The van der Waals surface area contributed by atoms with Crippen LogP contribution < -0.4 is 4.74 Å². The van der Waals surface area contributed by atoms with Gasteiger partial charge in [0.25, 0.3) is 0 Å². The second-order valence-corrected chi connectivity index (χ2v) is 2.74. The first-order valence-corrected chi connectivity index (χ1v) is 4.27. The third-order valence-corrected chi connectivity index (χ3v) is 1.77. The lowest BCUT2D eigenvalue weighted by atomic mass is 10.1. The predicted molar refractivity (Wildman–Crippen MR) is 50.6 cm³/mol. The zero-order valence-corrected chi connectivity index (χ0v) is 7.86. The van der Waals surface area contributed by atoms with Crippen molar-refractivity contribution >= 4 is 6.29 Å². The Morgan fingerprint density at radius 3 is 2.71 bits per heavy atom. The quantitative estimate of drug-likeness (QED) is 0.707. The number of aliphatic hydroxyl groups excluding tert-OH is 1. The maximum Gasteiger partial charge on any atom is 0.168 e. The van der Waals surface area contributed by atoms with Gasteiger partial charge in [-0.2, -0.15) is 0 Å². The van der Waals surface area contributed by atoms with Gasteiger partial charge in [-0.25, -0.2) is 0 Å². The number of rotatable bonds is 4. The smallest absolute Gasteiger partial charge is 0.168 e. The van der Waals surface area contributed by atoms with Gasteiger partial charge in [0.1, 0.15) is 0 Å². The molecule has 0 aliphatic heterocycles. The summed E-state index contributed by atoms with van der Waals surface area (Å²) in [5.74, 6) is 0.0419. The fraction of sp³-hybridized carbons (Fsp3) is 0.300. The monoisotopic (exact) mass is 196 g/mol. The largest absolute Gasteiger partial charge is 0.504 e. The van der Waals surface area contributed by atoms with Crippen LogP contribution in [0.3, 0.4) is 0 Å². The topological polar surface area (TPSA) is 66.8 Å². The lowest BCUT2D eigenvalue weighted by Gasteiger charge is -2.09. The van der Waals surface area contributed by atoms with E-state index in [1.807, 2.05) is 0 Å². The highest BCUT2D eigenvalue weighted by atomic mass is 16.5. The molecule has 0 aromatic heterocycles. The third kappa shape index (κ3) is 2.03. The summed E-state index contributed by atoms with van der Waals surface area (Å²) >= 11 is 0. The van der Waals surface area contributed by atoms with Gasteiger partial charge in [0.15, 0.2) is 17.8 Å². The molecule has 4 heteroatoms. The van der Waals surface area contributed by atoms with E-state index in [1.54, 1.807) is 6.92 Å². The van der Waals surface area contributed by atoms with Gasteiger partial charge in [-0.1, -0.05) is 0 Å². The fourth-order valence-corrected chi connectivity index (χ4v) is 1.14. The Labute approximate surface area is 81.8 Å². The molecule has 0 radical (unpaired) electrons. The van der Waals surface area contributed by atoms with E-state index < -0.39 is 0 Å². The van der Waals surface area contributed by atoms with Gasteiger partial charge in [0, 0.05) is 0 Å². The Balaban J connectivity index is 3.19. The van der Waals surface area contributed by atoms with Crippen LogP contribution in [0.25, 0.3) is 0 Å². The SMILES string of the molecule is CCOc1cc(CO)cc(C=O)c1O. The van der Waals surface area contributed by atoms with Gasteiger partial charge in [0.05, 0.1) is 18.8 Å². The number of carbonyl (C=O) groups is 1. The number of benzene rings is 1. The zero-order valence-electron chi connectivity index (χ0n) is 7.86. The van der Waals surface area contributed by atoms with Crippen molar-refractivity contribution in [2.45, 2.75) is 13.5 Å². The van der Waals surface area contributed by atoms with E-state index in [2.05, 4.69) is 0 Å². The van der Waals surface area contributed by atoms with E-state index in [9.17, 15) is 9.90 Å². The Kier molecular flexibility index (Phi) is 3.48. The minimum atomic E-state index is -0.193. The van der Waals surface area contributed by atoms with Gasteiger partial charge in [0.2, 0.25) is 0 Å². The molecular formula is C10H12O4. The molecule has 0 heterocycles. The van der Waals surface area contributed by atoms with Gasteiger partial charge >= 0.3 is 0 Å². The summed E-state index contributed by atoms with van der Waals surface area (Å²) in [4.78, 5) is 10.6. The van der Waals surface area contributed by atoms with E-state index in [1.165, 1.54) is 12.1 Å². The van der Waals surface area contributed by atoms with Crippen LogP contribution >= 0.6 is 0 Å². The minimum absolute atomic E-state index is 0.125. The molecule has 0 fully saturated rings. The number of phenolic OH excluding ortho intramolecular Hbond substituents is 1. The Morgan fingerprint density at radius 2 is 2.21 bits per heavy atom. The number of aromatic hydroxyl groups is 1. The molecular weight excluding hydrogens is 184 g/mol. The first kappa shape index (κ1) is 10.5. The van der Waals surface area contributed by atoms with Gasteiger partial charge in [-0.3, -0.25) is 4.79 Å². The van der Waals surface area contributed by atoms with Crippen LogP contribution in [0, 0.1) is 0 Å². The van der Waals surface area contributed by atoms with Gasteiger partial charge in [-0.05, 0) is 24.6 Å². The second-order valence-electron chi connectivity index (χ2n) is 2.74. The van der Waals surface area contributed by atoms with Crippen molar-refractivity contribution in [3.8, 4) is 11.5 Å². The lowest BCUT2D eigenvalue weighted by molar-refractivity contribution is 0.112. The lowest BCUT2D eigenvalue weighted by Crippen LogP contribution is -1.96. The number of carbonyl (C=O) groups excluding carboxylic acids is 1. The van der Waals surface area contributed by atoms with Crippen LogP contribution in [0.15, 0.2) is 12.1 Å². The standard InChI is InChI=1S/C10H12O4/c1-2-14-9-4-7(5-11)3-8(6-12)10(9)13/h3-4,6,11,13H,2,5H2,1H3. The number of hydrogen-bond acceptors (Lipinski definition) is 4. The molecule has 2 N–H and O–H groups in total. The highest BCUT2D eigenvalue weighted by molar-refractivity contribution is 5.81. The van der Waals surface area contributed by atoms with Crippen molar-refractivity contribution in [2.75, 3.05) is 6.61 Å². The van der Waals surface area contributed by atoms with Crippen LogP contribution in [-0.4, -0.2) is 23.1 Å². The Hall–Kier alpha value is -1.55. The van der Waals surface area contributed by atoms with E-state index in [0.717, 1.165) is 0 Å². The highest BCUT2D eigenvalue weighted by Gasteiger charge is 2.09. The van der Waals surface area contributed by atoms with Crippen LogP contribution in [-0.2, 0) is 6.61 Å². The zero-order chi connectivity index (χ0) is 10.6. The van der Waals surface area contributed by atoms with Crippen molar-refractivity contribution in [3.05, 3.63) is 23.3 Å². The predicted octanol–water partition coefficient (Wildman–Crippen LogP) is 1.10. The summed E-state index contributed by atoms with van der Waals surface area (Å²) in [6, 6.07) is 2.93. The Bertz CT molecular complexity index is 333. The molecule has 1 rings (SSSR count). The molecule has 0 spiro atoms. The van der Waals surface area contributed by atoms with Crippen LogP contribution in [0.1, 0.15) is 22.8 Å². The molecule has 0 saturated heterocycles. The van der Waals surface area contributed by atoms with Crippen LogP contribution in [0.4, 0.5) is 0 Å². The third-order valence-electron chi connectivity index (χ3n) is 1.77. The maximum absolute atomic E-state index is 10.6. The number of hydrogen-bond donors (Lipinski definition) is 2. The van der Waals surface area contributed by atoms with Crippen LogP contribution in [0.5, 0.6) is 11.5 Å². The van der Waals surface area contributed by atoms with Crippen LogP contribution in [0.2, 0.25) is 0 Å². The molecule has 0 amide bonds. The molecule has 0 bridgehead atoms. The molecule has 0 atom stereocenters. The average Bonchev–Trinajstić information content (AvgIpc) is 2.21. The molecule has 14 heavy (non-hydrogen) atoms. The number of phenols is 1. The molecule has 0 saturated carbocycles. The number of aliphatic hydroxyl groups is 1. The summed E-state index contributed by atoms with van der Waals surface area (Å²) in [5, 5.41) is 18.4. The first-order chi connectivity index (χ1) is 6.72. The molecule has 1 aromatic carbocycles. The summed E-state index contributed by atoms with van der Waals surface area (Å²) in [5.41, 5.74) is 0.661. The van der Waals surface area contributed by atoms with E-state index in [-0.39, 0.29) is 23.7 Å². The van der Waals surface area contributed by atoms with Gasteiger partial charge < -0.3 is 14.9 Å². The number of aldehydes is 1. The maximum atomic E-state index is 10.6. The van der Waals surface area contributed by atoms with Crippen molar-refractivity contribution in [3.63, 3.8) is 0 Å². The van der Waals surface area contributed by atoms with E-state index in [0.29, 0.717) is 18.5 Å². The second kappa shape index (κ2) is 4.62.